The van der Waals surface area contributed by atoms with Crippen molar-refractivity contribution < 1.29 is 12.8 Å². The number of fused-ring (bicyclic) bond motifs is 1. The summed E-state index contributed by atoms with van der Waals surface area (Å²) in [5, 5.41) is 4.36. The lowest BCUT2D eigenvalue weighted by molar-refractivity contribution is 0.380. The van der Waals surface area contributed by atoms with Gasteiger partial charge in [0, 0.05) is 5.39 Å². The van der Waals surface area contributed by atoms with Gasteiger partial charge in [0.25, 0.3) is 0 Å². The molecule has 4 nitrogen and oxygen atoms in total. The Balaban J connectivity index is 1.81. The van der Waals surface area contributed by atoms with Crippen molar-refractivity contribution in [2.45, 2.75) is 25.8 Å². The predicted molar refractivity (Wildman–Crippen MR) is 84.1 cm³/mol. The molecule has 21 heavy (non-hydrogen) atoms. The second-order valence-electron chi connectivity index (χ2n) is 6.04. The van der Waals surface area contributed by atoms with Crippen molar-refractivity contribution in [1.29, 1.82) is 0 Å². The zero-order valence-electron chi connectivity index (χ0n) is 12.4. The van der Waals surface area contributed by atoms with Crippen LogP contribution < -0.4 is 5.32 Å². The van der Waals surface area contributed by atoms with Crippen LogP contribution in [-0.4, -0.2) is 27.0 Å². The van der Waals surface area contributed by atoms with Crippen LogP contribution in [0.25, 0.3) is 11.0 Å². The maximum atomic E-state index is 11.6. The average molecular weight is 307 g/mol. The molecule has 0 radical (unpaired) electrons. The first-order valence-electron chi connectivity index (χ1n) is 7.34. The molecule has 1 aromatic carbocycles. The van der Waals surface area contributed by atoms with Crippen molar-refractivity contribution in [3.63, 3.8) is 0 Å². The van der Waals surface area contributed by atoms with Gasteiger partial charge in [-0.1, -0.05) is 11.6 Å². The van der Waals surface area contributed by atoms with Gasteiger partial charge in [-0.3, -0.25) is 0 Å². The zero-order valence-corrected chi connectivity index (χ0v) is 13.2. The first-order valence-corrected chi connectivity index (χ1v) is 9.17. The summed E-state index contributed by atoms with van der Waals surface area (Å²) in [6, 6.07) is 8.26. The van der Waals surface area contributed by atoms with E-state index >= 15 is 0 Å². The van der Waals surface area contributed by atoms with Crippen LogP contribution in [0, 0.1) is 12.8 Å². The standard InChI is InChI=1S/C16H21NO3S/c1-11-3-4-15-13(7-11)9-16(20-15)14(17-2)8-12-5-6-21(18,19)10-12/h3-4,7,9,12,14,17H,5-6,8,10H2,1-2H3. The highest BCUT2D eigenvalue weighted by molar-refractivity contribution is 7.91. The minimum Gasteiger partial charge on any atom is -0.459 e. The van der Waals surface area contributed by atoms with Gasteiger partial charge in [-0.25, -0.2) is 8.42 Å². The molecule has 0 aliphatic carbocycles. The molecule has 1 aliphatic rings. The van der Waals surface area contributed by atoms with Gasteiger partial charge in [0.2, 0.25) is 0 Å². The Kier molecular flexibility index (Phi) is 3.80. The highest BCUT2D eigenvalue weighted by Crippen LogP contribution is 2.32. The Labute approximate surface area is 125 Å². The SMILES string of the molecule is CNC(CC1CCS(=O)(=O)C1)c1cc2cc(C)ccc2o1. The molecule has 2 unspecified atom stereocenters. The Morgan fingerprint density at radius 2 is 2.19 bits per heavy atom. The largest absolute Gasteiger partial charge is 0.459 e. The molecular weight excluding hydrogens is 286 g/mol. The summed E-state index contributed by atoms with van der Waals surface area (Å²) in [6.07, 6.45) is 1.56. The highest BCUT2D eigenvalue weighted by Gasteiger charge is 2.30. The average Bonchev–Trinajstić information content (AvgIpc) is 2.98. The van der Waals surface area contributed by atoms with Crippen LogP contribution in [0.5, 0.6) is 0 Å². The highest BCUT2D eigenvalue weighted by atomic mass is 32.2. The van der Waals surface area contributed by atoms with Gasteiger partial charge in [0.1, 0.15) is 11.3 Å². The van der Waals surface area contributed by atoms with Crippen molar-refractivity contribution in [2.75, 3.05) is 18.6 Å². The molecule has 3 rings (SSSR count). The minimum atomic E-state index is -2.82. The second-order valence-corrected chi connectivity index (χ2v) is 8.26. The maximum absolute atomic E-state index is 11.6. The van der Waals surface area contributed by atoms with Gasteiger partial charge in [-0.05, 0) is 50.9 Å². The van der Waals surface area contributed by atoms with Crippen LogP contribution in [0.4, 0.5) is 0 Å². The Morgan fingerprint density at radius 1 is 1.38 bits per heavy atom. The van der Waals surface area contributed by atoms with Crippen molar-refractivity contribution in [1.82, 2.24) is 5.32 Å². The molecule has 1 saturated heterocycles. The van der Waals surface area contributed by atoms with E-state index in [9.17, 15) is 8.42 Å². The van der Waals surface area contributed by atoms with Gasteiger partial charge in [-0.15, -0.1) is 0 Å². The monoisotopic (exact) mass is 307 g/mol. The minimum absolute atomic E-state index is 0.0657. The van der Waals surface area contributed by atoms with E-state index in [-0.39, 0.29) is 12.0 Å². The lowest BCUT2D eigenvalue weighted by atomic mass is 9.98. The zero-order chi connectivity index (χ0) is 15.0. The van der Waals surface area contributed by atoms with Crippen LogP contribution in [0.15, 0.2) is 28.7 Å². The normalized spacial score (nSPS) is 22.7. The molecular formula is C16H21NO3S. The van der Waals surface area contributed by atoms with Crippen molar-refractivity contribution in [2.24, 2.45) is 5.92 Å². The fourth-order valence-electron chi connectivity index (χ4n) is 3.12. The fraction of sp³-hybridized carbons (Fsp3) is 0.500. The number of hydrogen-bond donors (Lipinski definition) is 1. The van der Waals surface area contributed by atoms with Gasteiger partial charge < -0.3 is 9.73 Å². The van der Waals surface area contributed by atoms with Crippen LogP contribution in [0.1, 0.15) is 30.2 Å². The van der Waals surface area contributed by atoms with Crippen LogP contribution in [-0.2, 0) is 9.84 Å². The van der Waals surface area contributed by atoms with Crippen molar-refractivity contribution >= 4 is 20.8 Å². The molecule has 0 bridgehead atoms. The molecule has 2 heterocycles. The third-order valence-electron chi connectivity index (χ3n) is 4.28. The molecule has 1 fully saturated rings. The van der Waals surface area contributed by atoms with E-state index in [4.69, 9.17) is 4.42 Å². The second kappa shape index (κ2) is 5.46. The van der Waals surface area contributed by atoms with E-state index in [1.54, 1.807) is 0 Å². The van der Waals surface area contributed by atoms with Crippen molar-refractivity contribution in [3.05, 3.63) is 35.6 Å². The van der Waals surface area contributed by atoms with E-state index < -0.39 is 9.84 Å². The van der Waals surface area contributed by atoms with E-state index in [1.807, 2.05) is 19.2 Å². The summed E-state index contributed by atoms with van der Waals surface area (Å²) in [7, 11) is -0.925. The molecule has 2 atom stereocenters. The summed E-state index contributed by atoms with van der Waals surface area (Å²) in [5.74, 6) is 1.75. The van der Waals surface area contributed by atoms with E-state index in [2.05, 4.69) is 24.4 Å². The summed E-state index contributed by atoms with van der Waals surface area (Å²) in [4.78, 5) is 0. The summed E-state index contributed by atoms with van der Waals surface area (Å²) in [5.41, 5.74) is 2.09. The topological polar surface area (TPSA) is 59.3 Å². The summed E-state index contributed by atoms with van der Waals surface area (Å²) < 4.78 is 29.1. The molecule has 5 heteroatoms. The lowest BCUT2D eigenvalue weighted by Crippen LogP contribution is -2.20. The van der Waals surface area contributed by atoms with Crippen LogP contribution in [0.3, 0.4) is 0 Å². The number of aryl methyl sites for hydroxylation is 1. The predicted octanol–water partition coefficient (Wildman–Crippen LogP) is 2.83. The number of benzene rings is 1. The first kappa shape index (κ1) is 14.6. The number of nitrogens with one attached hydrogen (secondary N) is 1. The number of rotatable bonds is 4. The van der Waals surface area contributed by atoms with E-state index in [1.165, 1.54) is 5.56 Å². The van der Waals surface area contributed by atoms with E-state index in [0.29, 0.717) is 11.5 Å². The summed E-state index contributed by atoms with van der Waals surface area (Å²) in [6.45, 7) is 2.06. The number of sulfone groups is 1. The van der Waals surface area contributed by atoms with Gasteiger partial charge in [-0.2, -0.15) is 0 Å². The molecule has 0 saturated carbocycles. The van der Waals surface area contributed by atoms with E-state index in [0.717, 1.165) is 29.6 Å². The van der Waals surface area contributed by atoms with Crippen molar-refractivity contribution in [3.8, 4) is 0 Å². The summed E-state index contributed by atoms with van der Waals surface area (Å²) >= 11 is 0. The maximum Gasteiger partial charge on any atom is 0.150 e. The molecule has 1 aliphatic heterocycles. The van der Waals surface area contributed by atoms with Gasteiger partial charge in [0.15, 0.2) is 9.84 Å². The lowest BCUT2D eigenvalue weighted by Gasteiger charge is -2.17. The molecule has 2 aromatic rings. The Bertz CT molecular complexity index is 748. The van der Waals surface area contributed by atoms with Gasteiger partial charge >= 0.3 is 0 Å². The third kappa shape index (κ3) is 3.14. The van der Waals surface area contributed by atoms with Gasteiger partial charge in [0.05, 0.1) is 17.5 Å². The fourth-order valence-corrected chi connectivity index (χ4v) is 5.00. The number of furan rings is 1. The molecule has 114 valence electrons. The molecule has 0 amide bonds. The quantitative estimate of drug-likeness (QED) is 0.943. The third-order valence-corrected chi connectivity index (χ3v) is 6.12. The number of hydrogen-bond acceptors (Lipinski definition) is 4. The molecule has 0 spiro atoms. The smallest absolute Gasteiger partial charge is 0.150 e. The van der Waals surface area contributed by atoms with Crippen LogP contribution >= 0.6 is 0 Å². The molecule has 1 N–H and O–H groups in total. The Hall–Kier alpha value is -1.33. The Morgan fingerprint density at radius 3 is 2.86 bits per heavy atom. The molecule has 1 aromatic heterocycles. The van der Waals surface area contributed by atoms with Crippen LogP contribution in [0.2, 0.25) is 0 Å². The first-order chi connectivity index (χ1) is 9.97.